The van der Waals surface area contributed by atoms with E-state index in [0.717, 1.165) is 10.0 Å². The van der Waals surface area contributed by atoms with E-state index < -0.39 is 0 Å². The quantitative estimate of drug-likeness (QED) is 0.599. The zero-order valence-corrected chi connectivity index (χ0v) is 9.67. The maximum absolute atomic E-state index is 11.1. The highest BCUT2D eigenvalue weighted by Gasteiger charge is 2.02. The van der Waals surface area contributed by atoms with Crippen LogP contribution in [-0.4, -0.2) is 13.1 Å². The molecule has 0 aliphatic rings. The zero-order valence-electron chi connectivity index (χ0n) is 8.08. The fraction of sp³-hybridized carbons (Fsp3) is 0.182. The van der Waals surface area contributed by atoms with Crippen LogP contribution in [0, 0.1) is 0 Å². The van der Waals surface area contributed by atoms with Crippen LogP contribution in [-0.2, 0) is 9.53 Å². The van der Waals surface area contributed by atoms with Gasteiger partial charge in [0.2, 0.25) is 0 Å². The molecule has 1 aromatic carbocycles. The molecule has 0 heterocycles. The first-order valence-electron chi connectivity index (χ1n) is 4.15. The van der Waals surface area contributed by atoms with Gasteiger partial charge in [0.25, 0.3) is 0 Å². The number of methoxy groups -OCH3 is 1. The van der Waals surface area contributed by atoms with Crippen molar-refractivity contribution in [3.05, 3.63) is 39.9 Å². The van der Waals surface area contributed by atoms with Gasteiger partial charge in [-0.25, -0.2) is 4.79 Å². The van der Waals surface area contributed by atoms with Crippen molar-refractivity contribution in [1.29, 1.82) is 0 Å². The molecular weight excluding hydrogens is 244 g/mol. The lowest BCUT2D eigenvalue weighted by molar-refractivity contribution is -0.135. The van der Waals surface area contributed by atoms with Crippen molar-refractivity contribution in [3.63, 3.8) is 0 Å². The number of hydrogen-bond donors (Lipinski definition) is 0. The SMILES string of the molecule is COC(=O)/C(C)=C/c1ccc(Br)cc1. The largest absolute Gasteiger partial charge is 0.466 e. The second-order valence-corrected chi connectivity index (χ2v) is 3.79. The van der Waals surface area contributed by atoms with E-state index in [4.69, 9.17) is 0 Å². The van der Waals surface area contributed by atoms with Gasteiger partial charge in [-0.1, -0.05) is 28.1 Å². The lowest BCUT2D eigenvalue weighted by Gasteiger charge is -1.99. The van der Waals surface area contributed by atoms with Gasteiger partial charge in [-0.2, -0.15) is 0 Å². The molecule has 0 aromatic heterocycles. The van der Waals surface area contributed by atoms with Gasteiger partial charge in [0, 0.05) is 10.0 Å². The Morgan fingerprint density at radius 1 is 1.36 bits per heavy atom. The number of ether oxygens (including phenoxy) is 1. The smallest absolute Gasteiger partial charge is 0.333 e. The Bertz CT molecular complexity index is 352. The first kappa shape index (κ1) is 11.0. The second-order valence-electron chi connectivity index (χ2n) is 2.87. The van der Waals surface area contributed by atoms with Crippen LogP contribution in [0.15, 0.2) is 34.3 Å². The second kappa shape index (κ2) is 4.96. The molecule has 0 saturated carbocycles. The minimum atomic E-state index is -0.298. The summed E-state index contributed by atoms with van der Waals surface area (Å²) in [7, 11) is 1.38. The van der Waals surface area contributed by atoms with Crippen LogP contribution in [0.1, 0.15) is 12.5 Å². The number of halogens is 1. The average molecular weight is 255 g/mol. The molecule has 0 bridgehead atoms. The van der Waals surface area contributed by atoms with E-state index in [-0.39, 0.29) is 5.97 Å². The molecule has 0 atom stereocenters. The molecule has 0 radical (unpaired) electrons. The lowest BCUT2D eigenvalue weighted by atomic mass is 10.1. The Balaban J connectivity index is 2.86. The first-order valence-corrected chi connectivity index (χ1v) is 4.95. The van der Waals surface area contributed by atoms with Crippen molar-refractivity contribution in [2.24, 2.45) is 0 Å². The van der Waals surface area contributed by atoms with Crippen molar-refractivity contribution in [2.75, 3.05) is 7.11 Å². The predicted octanol–water partition coefficient (Wildman–Crippen LogP) is 3.03. The van der Waals surface area contributed by atoms with Gasteiger partial charge in [-0.3, -0.25) is 0 Å². The Morgan fingerprint density at radius 3 is 2.43 bits per heavy atom. The van der Waals surface area contributed by atoms with E-state index in [0.29, 0.717) is 5.57 Å². The number of carbonyl (C=O) groups excluding carboxylic acids is 1. The highest BCUT2D eigenvalue weighted by molar-refractivity contribution is 9.10. The Hall–Kier alpha value is -1.09. The van der Waals surface area contributed by atoms with E-state index in [2.05, 4.69) is 20.7 Å². The summed E-state index contributed by atoms with van der Waals surface area (Å²) in [5.74, 6) is -0.298. The fourth-order valence-corrected chi connectivity index (χ4v) is 1.29. The van der Waals surface area contributed by atoms with Gasteiger partial charge in [-0.05, 0) is 30.7 Å². The van der Waals surface area contributed by atoms with E-state index in [1.807, 2.05) is 24.3 Å². The monoisotopic (exact) mass is 254 g/mol. The molecule has 0 aliphatic heterocycles. The summed E-state index contributed by atoms with van der Waals surface area (Å²) in [6.45, 7) is 1.73. The van der Waals surface area contributed by atoms with E-state index >= 15 is 0 Å². The number of rotatable bonds is 2. The molecule has 0 N–H and O–H groups in total. The molecule has 0 unspecified atom stereocenters. The van der Waals surface area contributed by atoms with Gasteiger partial charge in [0.15, 0.2) is 0 Å². The van der Waals surface area contributed by atoms with E-state index in [9.17, 15) is 4.79 Å². The molecule has 0 aliphatic carbocycles. The number of benzene rings is 1. The number of esters is 1. The summed E-state index contributed by atoms with van der Waals surface area (Å²) in [6.07, 6.45) is 1.79. The normalized spacial score (nSPS) is 11.2. The Kier molecular flexibility index (Phi) is 3.89. The maximum Gasteiger partial charge on any atom is 0.333 e. The summed E-state index contributed by atoms with van der Waals surface area (Å²) >= 11 is 3.34. The fourth-order valence-electron chi connectivity index (χ4n) is 1.03. The highest BCUT2D eigenvalue weighted by atomic mass is 79.9. The van der Waals surface area contributed by atoms with E-state index in [1.54, 1.807) is 13.0 Å². The molecule has 0 saturated heterocycles. The average Bonchev–Trinajstić information content (AvgIpc) is 2.20. The number of hydrogen-bond acceptors (Lipinski definition) is 2. The van der Waals surface area contributed by atoms with Crippen LogP contribution in [0.2, 0.25) is 0 Å². The molecule has 0 fully saturated rings. The minimum absolute atomic E-state index is 0.298. The van der Waals surface area contributed by atoms with Gasteiger partial charge < -0.3 is 4.74 Å². The summed E-state index contributed by atoms with van der Waals surface area (Å²) in [5, 5.41) is 0. The molecule has 3 heteroatoms. The van der Waals surface area contributed by atoms with Crippen molar-refractivity contribution < 1.29 is 9.53 Å². The minimum Gasteiger partial charge on any atom is -0.466 e. The van der Waals surface area contributed by atoms with E-state index in [1.165, 1.54) is 7.11 Å². The molecule has 1 rings (SSSR count). The van der Waals surface area contributed by atoms with Gasteiger partial charge in [0.1, 0.15) is 0 Å². The van der Waals surface area contributed by atoms with Gasteiger partial charge in [0.05, 0.1) is 7.11 Å². The van der Waals surface area contributed by atoms with Crippen LogP contribution in [0.3, 0.4) is 0 Å². The molecular formula is C11H11BrO2. The lowest BCUT2D eigenvalue weighted by Crippen LogP contribution is -2.00. The predicted molar refractivity (Wildman–Crippen MR) is 59.8 cm³/mol. The number of carbonyl (C=O) groups is 1. The highest BCUT2D eigenvalue weighted by Crippen LogP contribution is 2.13. The summed E-state index contributed by atoms with van der Waals surface area (Å²) in [4.78, 5) is 11.1. The van der Waals surface area contributed by atoms with Crippen molar-refractivity contribution in [1.82, 2.24) is 0 Å². The zero-order chi connectivity index (χ0) is 10.6. The Morgan fingerprint density at radius 2 is 1.93 bits per heavy atom. The summed E-state index contributed by atoms with van der Waals surface area (Å²) in [5.41, 5.74) is 1.57. The third kappa shape index (κ3) is 3.00. The Labute approximate surface area is 91.7 Å². The first-order chi connectivity index (χ1) is 6.63. The van der Waals surface area contributed by atoms with Crippen molar-refractivity contribution >= 4 is 28.0 Å². The standard InChI is InChI=1S/C11H11BrO2/c1-8(11(13)14-2)7-9-3-5-10(12)6-4-9/h3-7H,1-2H3/b8-7+. The molecule has 74 valence electrons. The van der Waals surface area contributed by atoms with Crippen LogP contribution in [0.4, 0.5) is 0 Å². The van der Waals surface area contributed by atoms with Crippen molar-refractivity contribution in [2.45, 2.75) is 6.92 Å². The third-order valence-electron chi connectivity index (χ3n) is 1.76. The van der Waals surface area contributed by atoms with Crippen molar-refractivity contribution in [3.8, 4) is 0 Å². The molecule has 1 aromatic rings. The van der Waals surface area contributed by atoms with Crippen LogP contribution < -0.4 is 0 Å². The summed E-state index contributed by atoms with van der Waals surface area (Å²) < 4.78 is 5.61. The maximum atomic E-state index is 11.1. The summed E-state index contributed by atoms with van der Waals surface area (Å²) in [6, 6.07) is 7.71. The molecule has 0 amide bonds. The van der Waals surface area contributed by atoms with Crippen LogP contribution in [0.5, 0.6) is 0 Å². The molecule has 2 nitrogen and oxygen atoms in total. The molecule has 14 heavy (non-hydrogen) atoms. The van der Waals surface area contributed by atoms with Crippen LogP contribution >= 0.6 is 15.9 Å². The molecule has 0 spiro atoms. The van der Waals surface area contributed by atoms with Gasteiger partial charge >= 0.3 is 5.97 Å². The third-order valence-corrected chi connectivity index (χ3v) is 2.29. The topological polar surface area (TPSA) is 26.3 Å². The van der Waals surface area contributed by atoms with Crippen LogP contribution in [0.25, 0.3) is 6.08 Å². The van der Waals surface area contributed by atoms with Gasteiger partial charge in [-0.15, -0.1) is 0 Å².